The van der Waals surface area contributed by atoms with Gasteiger partial charge in [-0.3, -0.25) is 4.72 Å². The number of imidazole rings is 1. The number of H-pyrrole nitrogens is 2. The normalized spacial score (nSPS) is 16.0. The van der Waals surface area contributed by atoms with E-state index in [2.05, 4.69) is 31.5 Å². The summed E-state index contributed by atoms with van der Waals surface area (Å²) in [6.45, 7) is 3.31. The van der Waals surface area contributed by atoms with Crippen LogP contribution in [0.2, 0.25) is 0 Å². The number of hydrogen-bond donors (Lipinski definition) is 3. The van der Waals surface area contributed by atoms with E-state index in [-0.39, 0.29) is 10.6 Å². The number of nitrogens with zero attached hydrogens (tertiary/aromatic N) is 2. The first-order valence-electron chi connectivity index (χ1n) is 8.70. The van der Waals surface area contributed by atoms with E-state index in [0.717, 1.165) is 31.9 Å². The fraction of sp³-hybridized carbons (Fsp3) is 0.278. The Kier molecular flexibility index (Phi) is 4.40. The van der Waals surface area contributed by atoms with E-state index in [9.17, 15) is 13.2 Å². The van der Waals surface area contributed by atoms with Gasteiger partial charge in [0.1, 0.15) is 0 Å². The molecule has 1 aliphatic heterocycles. The van der Waals surface area contributed by atoms with Crippen LogP contribution in [0.5, 0.6) is 0 Å². The largest absolute Gasteiger partial charge is 0.367 e. The Morgan fingerprint density at radius 2 is 1.59 bits per heavy atom. The quantitative estimate of drug-likeness (QED) is 0.628. The predicted molar refractivity (Wildman–Crippen MR) is 106 cm³/mol. The van der Waals surface area contributed by atoms with E-state index in [1.807, 2.05) is 6.07 Å². The number of sulfonamides is 1. The number of likely N-dealkylation sites (N-methyl/N-ethyl adjacent to an activating group) is 1. The van der Waals surface area contributed by atoms with Crippen LogP contribution in [0.15, 0.2) is 52.2 Å². The molecule has 0 saturated carbocycles. The molecular formula is C18H21N5O3S. The Morgan fingerprint density at radius 1 is 0.963 bits per heavy atom. The Morgan fingerprint density at radius 3 is 2.26 bits per heavy atom. The smallest absolute Gasteiger partial charge is 0.323 e. The lowest BCUT2D eigenvalue weighted by Gasteiger charge is -2.35. The minimum Gasteiger partial charge on any atom is -0.367 e. The lowest BCUT2D eigenvalue weighted by atomic mass is 10.2. The maximum absolute atomic E-state index is 12.8. The van der Waals surface area contributed by atoms with Gasteiger partial charge in [-0.05, 0) is 31.3 Å². The summed E-state index contributed by atoms with van der Waals surface area (Å²) in [6.07, 6.45) is 0. The van der Waals surface area contributed by atoms with Crippen molar-refractivity contribution in [2.75, 3.05) is 42.8 Å². The topological polar surface area (TPSA) is 101 Å². The Labute approximate surface area is 156 Å². The van der Waals surface area contributed by atoms with Gasteiger partial charge in [0, 0.05) is 26.2 Å². The summed E-state index contributed by atoms with van der Waals surface area (Å²) in [5.74, 6) is 0. The van der Waals surface area contributed by atoms with Crippen LogP contribution < -0.4 is 15.3 Å². The standard InChI is InChI=1S/C18H21N5O3S/c1-22-7-9-23(10-8-22)17-12-15-14(19-18(24)20-15)11-16(17)21-27(25,26)13-5-3-2-4-6-13/h2-6,11-12,21H,7-10H2,1H3,(H2,19,20,24). The lowest BCUT2D eigenvalue weighted by Crippen LogP contribution is -2.44. The third kappa shape index (κ3) is 3.56. The second-order valence-corrected chi connectivity index (χ2v) is 8.39. The molecule has 0 radical (unpaired) electrons. The molecule has 1 aromatic heterocycles. The fourth-order valence-corrected chi connectivity index (χ4v) is 4.35. The summed E-state index contributed by atoms with van der Waals surface area (Å²) in [5, 5.41) is 0. The lowest BCUT2D eigenvalue weighted by molar-refractivity contribution is 0.313. The van der Waals surface area contributed by atoms with Gasteiger partial charge in [-0.25, -0.2) is 13.2 Å². The van der Waals surface area contributed by atoms with Crippen molar-refractivity contribution in [3.8, 4) is 0 Å². The van der Waals surface area contributed by atoms with Gasteiger partial charge in [0.15, 0.2) is 0 Å². The summed E-state index contributed by atoms with van der Waals surface area (Å²) in [4.78, 5) is 21.6. The number of fused-ring (bicyclic) bond motifs is 1. The SMILES string of the molecule is CN1CCN(c2cc3[nH]c(=O)[nH]c3cc2NS(=O)(=O)c2ccccc2)CC1. The highest BCUT2D eigenvalue weighted by atomic mass is 32.2. The number of rotatable bonds is 4. The number of aromatic nitrogens is 2. The van der Waals surface area contributed by atoms with Crippen molar-refractivity contribution < 1.29 is 8.42 Å². The van der Waals surface area contributed by atoms with Crippen LogP contribution in [0.1, 0.15) is 0 Å². The van der Waals surface area contributed by atoms with Gasteiger partial charge in [-0.15, -0.1) is 0 Å². The fourth-order valence-electron chi connectivity index (χ4n) is 3.27. The second-order valence-electron chi connectivity index (χ2n) is 6.70. The third-order valence-corrected chi connectivity index (χ3v) is 6.16. The van der Waals surface area contributed by atoms with Crippen LogP contribution in [0.4, 0.5) is 11.4 Å². The van der Waals surface area contributed by atoms with E-state index in [1.54, 1.807) is 36.4 Å². The molecular weight excluding hydrogens is 366 g/mol. The molecule has 1 fully saturated rings. The van der Waals surface area contributed by atoms with Crippen LogP contribution >= 0.6 is 0 Å². The minimum atomic E-state index is -3.74. The molecule has 2 heterocycles. The summed E-state index contributed by atoms with van der Waals surface area (Å²) in [6, 6.07) is 11.7. The highest BCUT2D eigenvalue weighted by molar-refractivity contribution is 7.92. The number of benzene rings is 2. The van der Waals surface area contributed by atoms with Crippen molar-refractivity contribution in [1.82, 2.24) is 14.9 Å². The van der Waals surface area contributed by atoms with Gasteiger partial charge in [-0.1, -0.05) is 18.2 Å². The number of aromatic amines is 2. The van der Waals surface area contributed by atoms with Crippen molar-refractivity contribution in [3.05, 3.63) is 52.9 Å². The maximum Gasteiger partial charge on any atom is 0.323 e. The van der Waals surface area contributed by atoms with Gasteiger partial charge >= 0.3 is 5.69 Å². The van der Waals surface area contributed by atoms with Gasteiger partial charge in [0.25, 0.3) is 10.0 Å². The third-order valence-electron chi connectivity index (χ3n) is 4.77. The summed E-state index contributed by atoms with van der Waals surface area (Å²) < 4.78 is 28.3. The Bertz CT molecular complexity index is 1110. The summed E-state index contributed by atoms with van der Waals surface area (Å²) in [7, 11) is -1.68. The Balaban J connectivity index is 1.78. The van der Waals surface area contributed by atoms with Gasteiger partial charge in [0.2, 0.25) is 0 Å². The molecule has 2 aromatic carbocycles. The van der Waals surface area contributed by atoms with Crippen LogP contribution in [0.3, 0.4) is 0 Å². The van der Waals surface area contributed by atoms with E-state index >= 15 is 0 Å². The molecule has 4 rings (SSSR count). The molecule has 0 amide bonds. The predicted octanol–water partition coefficient (Wildman–Crippen LogP) is 1.41. The van der Waals surface area contributed by atoms with Crippen LogP contribution in [0.25, 0.3) is 11.0 Å². The maximum atomic E-state index is 12.8. The zero-order valence-electron chi connectivity index (χ0n) is 14.9. The molecule has 8 nitrogen and oxygen atoms in total. The molecule has 0 spiro atoms. The first kappa shape index (κ1) is 17.6. The van der Waals surface area contributed by atoms with Crippen molar-refractivity contribution in [2.24, 2.45) is 0 Å². The van der Waals surface area contributed by atoms with Crippen molar-refractivity contribution in [2.45, 2.75) is 4.90 Å². The minimum absolute atomic E-state index is 0.192. The molecule has 0 bridgehead atoms. The number of piperazine rings is 1. The van der Waals surface area contributed by atoms with Gasteiger partial charge in [-0.2, -0.15) is 0 Å². The first-order chi connectivity index (χ1) is 12.9. The van der Waals surface area contributed by atoms with E-state index in [1.165, 1.54) is 0 Å². The van der Waals surface area contributed by atoms with Crippen LogP contribution in [-0.2, 0) is 10.0 Å². The molecule has 9 heteroatoms. The van der Waals surface area contributed by atoms with Crippen LogP contribution in [0, 0.1) is 0 Å². The molecule has 27 heavy (non-hydrogen) atoms. The van der Waals surface area contributed by atoms with Gasteiger partial charge < -0.3 is 19.8 Å². The number of anilines is 2. The van der Waals surface area contributed by atoms with E-state index in [0.29, 0.717) is 16.7 Å². The van der Waals surface area contributed by atoms with Crippen molar-refractivity contribution in [1.29, 1.82) is 0 Å². The first-order valence-corrected chi connectivity index (χ1v) is 10.2. The molecule has 3 aromatic rings. The van der Waals surface area contributed by atoms with E-state index < -0.39 is 10.0 Å². The molecule has 0 aliphatic carbocycles. The highest BCUT2D eigenvalue weighted by Gasteiger charge is 2.22. The van der Waals surface area contributed by atoms with Crippen molar-refractivity contribution in [3.63, 3.8) is 0 Å². The molecule has 142 valence electrons. The average molecular weight is 387 g/mol. The Hall–Kier alpha value is -2.78. The molecule has 0 atom stereocenters. The molecule has 0 unspecified atom stereocenters. The highest BCUT2D eigenvalue weighted by Crippen LogP contribution is 2.32. The molecule has 1 aliphatic rings. The summed E-state index contributed by atoms with van der Waals surface area (Å²) >= 11 is 0. The van der Waals surface area contributed by atoms with Crippen LogP contribution in [-0.4, -0.2) is 56.5 Å². The monoisotopic (exact) mass is 387 g/mol. The molecule has 1 saturated heterocycles. The second kappa shape index (κ2) is 6.75. The zero-order chi connectivity index (χ0) is 19.0. The van der Waals surface area contributed by atoms with Gasteiger partial charge in [0.05, 0.1) is 27.3 Å². The average Bonchev–Trinajstić information content (AvgIpc) is 3.01. The van der Waals surface area contributed by atoms with Crippen molar-refractivity contribution >= 4 is 32.4 Å². The van der Waals surface area contributed by atoms with E-state index in [4.69, 9.17) is 0 Å². The number of hydrogen-bond acceptors (Lipinski definition) is 5. The summed E-state index contributed by atoms with van der Waals surface area (Å²) in [5.41, 5.74) is 2.09. The molecule has 3 N–H and O–H groups in total. The zero-order valence-corrected chi connectivity index (χ0v) is 15.7. The number of nitrogens with one attached hydrogen (secondary N) is 3.